The molecule has 0 aromatic heterocycles. The molecule has 4 heteroatoms. The number of rotatable bonds is 4. The lowest BCUT2D eigenvalue weighted by molar-refractivity contribution is 0.918. The lowest BCUT2D eigenvalue weighted by atomic mass is 10.2. The van der Waals surface area contributed by atoms with Crippen molar-refractivity contribution in [2.75, 3.05) is 11.9 Å². The molecule has 0 aliphatic heterocycles. The Bertz CT molecular complexity index is 572. The van der Waals surface area contributed by atoms with Gasteiger partial charge in [0.2, 0.25) is 0 Å². The number of anilines is 1. The van der Waals surface area contributed by atoms with Gasteiger partial charge in [0.1, 0.15) is 0 Å². The standard InChI is InChI=1S/C15H14Br2ClN/c1-19(10-12-3-2-4-13(16)7-12)15-6-5-11(9-18)8-14(15)17/h2-8H,9-10H2,1H3. The van der Waals surface area contributed by atoms with Gasteiger partial charge in [-0.05, 0) is 51.3 Å². The first-order valence-electron chi connectivity index (χ1n) is 5.90. The highest BCUT2D eigenvalue weighted by atomic mass is 79.9. The molecule has 0 saturated carbocycles. The van der Waals surface area contributed by atoms with Crippen molar-refractivity contribution in [3.8, 4) is 0 Å². The van der Waals surface area contributed by atoms with Crippen LogP contribution in [-0.4, -0.2) is 7.05 Å². The van der Waals surface area contributed by atoms with E-state index in [4.69, 9.17) is 11.6 Å². The number of hydrogen-bond acceptors (Lipinski definition) is 1. The van der Waals surface area contributed by atoms with E-state index in [9.17, 15) is 0 Å². The first-order valence-corrected chi connectivity index (χ1v) is 8.02. The molecule has 100 valence electrons. The molecule has 2 aromatic carbocycles. The Morgan fingerprint density at radius 1 is 1.05 bits per heavy atom. The van der Waals surface area contributed by atoms with Crippen LogP contribution in [0.1, 0.15) is 11.1 Å². The zero-order valence-corrected chi connectivity index (χ0v) is 14.5. The average molecular weight is 404 g/mol. The summed E-state index contributed by atoms with van der Waals surface area (Å²) >= 11 is 12.9. The molecule has 0 atom stereocenters. The van der Waals surface area contributed by atoms with Crippen molar-refractivity contribution in [1.29, 1.82) is 0 Å². The zero-order valence-electron chi connectivity index (χ0n) is 10.5. The van der Waals surface area contributed by atoms with E-state index in [1.807, 2.05) is 6.07 Å². The molecule has 0 unspecified atom stereocenters. The van der Waals surface area contributed by atoms with Gasteiger partial charge >= 0.3 is 0 Å². The predicted octanol–water partition coefficient (Wildman–Crippen LogP) is 5.59. The highest BCUT2D eigenvalue weighted by Gasteiger charge is 2.07. The molecule has 19 heavy (non-hydrogen) atoms. The molecule has 0 N–H and O–H groups in total. The third-order valence-corrected chi connectivity index (χ3v) is 4.32. The van der Waals surface area contributed by atoms with E-state index >= 15 is 0 Å². The molecular formula is C15H14Br2ClN. The van der Waals surface area contributed by atoms with Gasteiger partial charge in [0.05, 0.1) is 5.69 Å². The summed E-state index contributed by atoms with van der Waals surface area (Å²) in [4.78, 5) is 2.21. The lowest BCUT2D eigenvalue weighted by Crippen LogP contribution is -2.16. The van der Waals surface area contributed by atoms with E-state index in [0.29, 0.717) is 5.88 Å². The molecule has 0 saturated heterocycles. The third-order valence-electron chi connectivity index (χ3n) is 2.89. The normalized spacial score (nSPS) is 10.5. The van der Waals surface area contributed by atoms with E-state index in [1.165, 1.54) is 5.56 Å². The molecule has 2 aromatic rings. The van der Waals surface area contributed by atoms with Crippen LogP contribution >= 0.6 is 43.5 Å². The Morgan fingerprint density at radius 2 is 1.84 bits per heavy atom. The quantitative estimate of drug-likeness (QED) is 0.602. The van der Waals surface area contributed by atoms with Crippen LogP contribution in [0.4, 0.5) is 5.69 Å². The molecule has 0 aliphatic rings. The van der Waals surface area contributed by atoms with E-state index < -0.39 is 0 Å². The molecular weight excluding hydrogens is 389 g/mol. The van der Waals surface area contributed by atoms with Crippen LogP contribution in [0.5, 0.6) is 0 Å². The fraction of sp³-hybridized carbons (Fsp3) is 0.200. The van der Waals surface area contributed by atoms with Gasteiger partial charge in [0.15, 0.2) is 0 Å². The Balaban J connectivity index is 2.18. The molecule has 0 bridgehead atoms. The highest BCUT2D eigenvalue weighted by Crippen LogP contribution is 2.28. The van der Waals surface area contributed by atoms with E-state index in [2.05, 4.69) is 80.2 Å². The van der Waals surface area contributed by atoms with Gasteiger partial charge in [-0.15, -0.1) is 11.6 Å². The maximum atomic E-state index is 5.84. The van der Waals surface area contributed by atoms with Crippen molar-refractivity contribution in [2.24, 2.45) is 0 Å². The number of alkyl halides is 1. The van der Waals surface area contributed by atoms with Crippen LogP contribution in [0.15, 0.2) is 51.4 Å². The molecule has 0 heterocycles. The maximum absolute atomic E-state index is 5.84. The van der Waals surface area contributed by atoms with Crippen LogP contribution in [0.25, 0.3) is 0 Å². The summed E-state index contributed by atoms with van der Waals surface area (Å²) in [6.45, 7) is 0.859. The number of halogens is 3. The molecule has 2 rings (SSSR count). The Kier molecular flexibility index (Phi) is 5.31. The molecule has 0 amide bonds. The van der Waals surface area contributed by atoms with Crippen molar-refractivity contribution < 1.29 is 0 Å². The van der Waals surface area contributed by atoms with Crippen LogP contribution in [0.3, 0.4) is 0 Å². The van der Waals surface area contributed by atoms with E-state index in [-0.39, 0.29) is 0 Å². The fourth-order valence-electron chi connectivity index (χ4n) is 1.94. The first-order chi connectivity index (χ1) is 9.10. The number of nitrogens with zero attached hydrogens (tertiary/aromatic N) is 1. The number of benzene rings is 2. The van der Waals surface area contributed by atoms with Gasteiger partial charge < -0.3 is 4.90 Å². The van der Waals surface area contributed by atoms with Crippen LogP contribution in [0, 0.1) is 0 Å². The molecule has 1 nitrogen and oxygen atoms in total. The SMILES string of the molecule is CN(Cc1cccc(Br)c1)c1ccc(CCl)cc1Br. The van der Waals surface area contributed by atoms with Crippen molar-refractivity contribution in [3.63, 3.8) is 0 Å². The summed E-state index contributed by atoms with van der Waals surface area (Å²) in [6.07, 6.45) is 0. The van der Waals surface area contributed by atoms with Crippen LogP contribution < -0.4 is 4.90 Å². The Hall–Kier alpha value is -0.510. The average Bonchev–Trinajstić information content (AvgIpc) is 2.38. The van der Waals surface area contributed by atoms with Gasteiger partial charge in [-0.25, -0.2) is 0 Å². The minimum absolute atomic E-state index is 0.536. The second-order valence-corrected chi connectivity index (χ2v) is 6.44. The van der Waals surface area contributed by atoms with E-state index in [0.717, 1.165) is 26.7 Å². The minimum Gasteiger partial charge on any atom is -0.369 e. The Morgan fingerprint density at radius 3 is 2.47 bits per heavy atom. The smallest absolute Gasteiger partial charge is 0.0511 e. The van der Waals surface area contributed by atoms with E-state index in [1.54, 1.807) is 0 Å². The minimum atomic E-state index is 0.536. The summed E-state index contributed by atoms with van der Waals surface area (Å²) in [6, 6.07) is 14.6. The first kappa shape index (κ1) is 14.9. The summed E-state index contributed by atoms with van der Waals surface area (Å²) in [5.41, 5.74) is 3.55. The van der Waals surface area contributed by atoms with Crippen molar-refractivity contribution in [2.45, 2.75) is 12.4 Å². The molecule has 0 aliphatic carbocycles. The van der Waals surface area contributed by atoms with Crippen molar-refractivity contribution in [1.82, 2.24) is 0 Å². The zero-order chi connectivity index (χ0) is 13.8. The van der Waals surface area contributed by atoms with Crippen LogP contribution in [0.2, 0.25) is 0 Å². The second kappa shape index (κ2) is 6.78. The second-order valence-electron chi connectivity index (χ2n) is 4.41. The third kappa shape index (κ3) is 3.98. The topological polar surface area (TPSA) is 3.24 Å². The number of hydrogen-bond donors (Lipinski definition) is 0. The monoisotopic (exact) mass is 401 g/mol. The highest BCUT2D eigenvalue weighted by molar-refractivity contribution is 9.10. The van der Waals surface area contributed by atoms with Crippen molar-refractivity contribution >= 4 is 49.1 Å². The molecule has 0 radical (unpaired) electrons. The maximum Gasteiger partial charge on any atom is 0.0511 e. The van der Waals surface area contributed by atoms with Gasteiger partial charge in [0, 0.05) is 28.4 Å². The summed E-state index contributed by atoms with van der Waals surface area (Å²) in [5, 5.41) is 0. The fourth-order valence-corrected chi connectivity index (χ4v) is 3.28. The van der Waals surface area contributed by atoms with Gasteiger partial charge in [-0.1, -0.05) is 34.1 Å². The summed E-state index contributed by atoms with van der Waals surface area (Å²) in [5.74, 6) is 0.536. The lowest BCUT2D eigenvalue weighted by Gasteiger charge is -2.21. The van der Waals surface area contributed by atoms with Gasteiger partial charge in [0.25, 0.3) is 0 Å². The Labute approximate surface area is 135 Å². The van der Waals surface area contributed by atoms with Gasteiger partial charge in [-0.2, -0.15) is 0 Å². The van der Waals surface area contributed by atoms with Crippen LogP contribution in [-0.2, 0) is 12.4 Å². The predicted molar refractivity (Wildman–Crippen MR) is 89.9 cm³/mol. The summed E-state index contributed by atoms with van der Waals surface area (Å²) in [7, 11) is 2.08. The molecule has 0 spiro atoms. The summed E-state index contributed by atoms with van der Waals surface area (Å²) < 4.78 is 2.18. The molecule has 0 fully saturated rings. The largest absolute Gasteiger partial charge is 0.369 e. The van der Waals surface area contributed by atoms with Gasteiger partial charge in [-0.3, -0.25) is 0 Å². The van der Waals surface area contributed by atoms with Crippen molar-refractivity contribution in [3.05, 3.63) is 62.5 Å².